The number of hydrazine groups is 1. The molecule has 0 aliphatic carbocycles. The molecule has 24 heavy (non-hydrogen) atoms. The molecule has 0 amide bonds. The maximum atomic E-state index is 6.21. The Morgan fingerprint density at radius 2 is 2.04 bits per heavy atom. The van der Waals surface area contributed by atoms with Crippen molar-refractivity contribution in [3.8, 4) is 0 Å². The van der Waals surface area contributed by atoms with Gasteiger partial charge in [0, 0.05) is 24.7 Å². The summed E-state index contributed by atoms with van der Waals surface area (Å²) in [6, 6.07) is 10.1. The first-order chi connectivity index (χ1) is 11.7. The quantitative estimate of drug-likeness (QED) is 0.343. The number of rotatable bonds is 3. The minimum atomic E-state index is 0.479. The number of benzene rings is 1. The van der Waals surface area contributed by atoms with E-state index < -0.39 is 0 Å². The molecule has 1 saturated heterocycles. The number of nitrogens with one attached hydrogen (secondary N) is 1. The lowest BCUT2D eigenvalue weighted by molar-refractivity contribution is 0.260. The lowest BCUT2D eigenvalue weighted by atomic mass is 9.92. The molecule has 7 nitrogen and oxygen atoms in total. The summed E-state index contributed by atoms with van der Waals surface area (Å²) in [6.07, 6.45) is 3.80. The number of nitrogens with zero attached hydrogens (tertiary/aromatic N) is 4. The molecule has 1 aromatic heterocycles. The van der Waals surface area contributed by atoms with Crippen LogP contribution in [0.15, 0.2) is 41.8 Å². The van der Waals surface area contributed by atoms with Gasteiger partial charge in [-0.15, -0.1) is 5.10 Å². The van der Waals surface area contributed by atoms with Gasteiger partial charge in [-0.05, 0) is 25.3 Å². The number of likely N-dealkylation sites (tertiary alicyclic amines) is 1. The topological polar surface area (TPSA) is 99.6 Å². The summed E-state index contributed by atoms with van der Waals surface area (Å²) in [4.78, 5) is 9.77. The van der Waals surface area contributed by atoms with Crippen LogP contribution in [0.4, 0.5) is 0 Å². The Morgan fingerprint density at radius 3 is 2.62 bits per heavy atom. The van der Waals surface area contributed by atoms with E-state index >= 15 is 0 Å². The third kappa shape index (κ3) is 3.51. The maximum Gasteiger partial charge on any atom is 0.233 e. The van der Waals surface area contributed by atoms with Crippen LogP contribution in [0.1, 0.15) is 35.7 Å². The fourth-order valence-electron chi connectivity index (χ4n) is 3.32. The van der Waals surface area contributed by atoms with E-state index in [1.165, 1.54) is 5.69 Å². The van der Waals surface area contributed by atoms with Gasteiger partial charge in [-0.1, -0.05) is 30.3 Å². The third-order valence-corrected chi connectivity index (χ3v) is 4.60. The Kier molecular flexibility index (Phi) is 5.00. The highest BCUT2D eigenvalue weighted by Crippen LogP contribution is 2.28. The molecular weight excluding hydrogens is 302 g/mol. The Hall–Kier alpha value is -2.54. The molecular formula is C17H25N7. The number of piperidine rings is 1. The largest absolute Gasteiger partial charge is 0.348 e. The lowest BCUT2D eigenvalue weighted by Crippen LogP contribution is -2.50. The van der Waals surface area contributed by atoms with Crippen LogP contribution < -0.4 is 11.7 Å². The molecule has 2 aromatic rings. The molecule has 0 saturated carbocycles. The molecule has 0 bridgehead atoms. The normalized spacial score (nSPS) is 16.4. The van der Waals surface area contributed by atoms with E-state index in [2.05, 4.69) is 26.9 Å². The summed E-state index contributed by atoms with van der Waals surface area (Å²) in [6.45, 7) is 4.39. The summed E-state index contributed by atoms with van der Waals surface area (Å²) in [7, 11) is 0. The fraction of sp³-hybridized carbons (Fsp3) is 0.412. The highest BCUT2D eigenvalue weighted by atomic mass is 15.5. The average Bonchev–Trinajstić information content (AvgIpc) is 3.03. The van der Waals surface area contributed by atoms with E-state index in [-0.39, 0.29) is 0 Å². The number of imidazole rings is 1. The first-order valence-electron chi connectivity index (χ1n) is 8.28. The second kappa shape index (κ2) is 7.35. The Balaban J connectivity index is 1.60. The van der Waals surface area contributed by atoms with Crippen molar-refractivity contribution in [3.63, 3.8) is 0 Å². The monoisotopic (exact) mass is 327 g/mol. The number of H-pyrrole nitrogens is 1. The lowest BCUT2D eigenvalue weighted by Gasteiger charge is -2.36. The molecule has 0 atom stereocenters. The van der Waals surface area contributed by atoms with Crippen molar-refractivity contribution in [2.24, 2.45) is 16.8 Å². The highest BCUT2D eigenvalue weighted by molar-refractivity contribution is 5.79. The smallest absolute Gasteiger partial charge is 0.233 e. The minimum Gasteiger partial charge on any atom is -0.348 e. The van der Waals surface area contributed by atoms with Gasteiger partial charge in [-0.2, -0.15) is 0 Å². The van der Waals surface area contributed by atoms with Gasteiger partial charge in [-0.25, -0.2) is 10.8 Å². The number of hydrogen-bond donors (Lipinski definition) is 3. The van der Waals surface area contributed by atoms with Crippen LogP contribution in [0.5, 0.6) is 0 Å². The van der Waals surface area contributed by atoms with Gasteiger partial charge in [0.25, 0.3) is 0 Å². The van der Waals surface area contributed by atoms with Crippen LogP contribution in [0, 0.1) is 6.92 Å². The van der Waals surface area contributed by atoms with E-state index in [4.69, 9.17) is 11.7 Å². The first-order valence-corrected chi connectivity index (χ1v) is 8.28. The third-order valence-electron chi connectivity index (χ3n) is 4.60. The van der Waals surface area contributed by atoms with Crippen LogP contribution in [-0.4, -0.2) is 38.9 Å². The molecule has 3 rings (SSSR count). The van der Waals surface area contributed by atoms with Gasteiger partial charge in [0.2, 0.25) is 5.96 Å². The Morgan fingerprint density at radius 1 is 1.33 bits per heavy atom. The van der Waals surface area contributed by atoms with Crippen molar-refractivity contribution in [1.29, 1.82) is 0 Å². The van der Waals surface area contributed by atoms with E-state index in [1.807, 2.05) is 30.3 Å². The molecule has 0 radical (unpaired) electrons. The molecule has 0 spiro atoms. The maximum absolute atomic E-state index is 6.21. The number of nitrogens with two attached hydrogens (primary N) is 2. The molecule has 5 N–H and O–H groups in total. The summed E-state index contributed by atoms with van der Waals surface area (Å²) in [5, 5.41) is 5.56. The van der Waals surface area contributed by atoms with Crippen molar-refractivity contribution in [1.82, 2.24) is 19.9 Å². The molecule has 1 aliphatic heterocycles. The summed E-state index contributed by atoms with van der Waals surface area (Å²) in [5.41, 5.74) is 3.46. The second-order valence-corrected chi connectivity index (χ2v) is 6.22. The van der Waals surface area contributed by atoms with Crippen molar-refractivity contribution >= 4 is 5.96 Å². The zero-order chi connectivity index (χ0) is 16.9. The van der Waals surface area contributed by atoms with Gasteiger partial charge in [-0.3, -0.25) is 5.01 Å². The molecule has 1 aliphatic rings. The highest BCUT2D eigenvalue weighted by Gasteiger charge is 2.26. The average molecular weight is 327 g/mol. The standard InChI is InChI=1S/C17H25N7/c1-13-16(21-12-20-13)15-7-9-23(10-8-15)17(22-18)24(19)11-14-5-3-2-4-6-14/h2-6,12,15H,7-11,18-19H2,1H3,(H,20,21)/b22-17-. The second-order valence-electron chi connectivity index (χ2n) is 6.22. The van der Waals surface area contributed by atoms with Gasteiger partial charge < -0.3 is 15.7 Å². The summed E-state index contributed by atoms with van der Waals surface area (Å²) >= 11 is 0. The van der Waals surface area contributed by atoms with E-state index in [9.17, 15) is 0 Å². The zero-order valence-electron chi connectivity index (χ0n) is 14.0. The van der Waals surface area contributed by atoms with Crippen molar-refractivity contribution < 1.29 is 0 Å². The number of aryl methyl sites for hydroxylation is 1. The van der Waals surface area contributed by atoms with E-state index in [1.54, 1.807) is 11.3 Å². The zero-order valence-corrected chi connectivity index (χ0v) is 14.0. The van der Waals surface area contributed by atoms with Gasteiger partial charge in [0.05, 0.1) is 18.6 Å². The predicted molar refractivity (Wildman–Crippen MR) is 94.7 cm³/mol. The van der Waals surface area contributed by atoms with Crippen LogP contribution in [0.25, 0.3) is 0 Å². The number of hydrogen-bond acceptors (Lipinski definition) is 4. The van der Waals surface area contributed by atoms with E-state index in [0.717, 1.165) is 37.2 Å². The minimum absolute atomic E-state index is 0.479. The van der Waals surface area contributed by atoms with Gasteiger partial charge >= 0.3 is 0 Å². The van der Waals surface area contributed by atoms with Crippen LogP contribution in [-0.2, 0) is 6.54 Å². The summed E-state index contributed by atoms with van der Waals surface area (Å²) < 4.78 is 0. The first kappa shape index (κ1) is 16.3. The van der Waals surface area contributed by atoms with Crippen LogP contribution in [0.2, 0.25) is 0 Å². The molecule has 2 heterocycles. The fourth-order valence-corrected chi connectivity index (χ4v) is 3.32. The molecule has 1 aromatic carbocycles. The van der Waals surface area contributed by atoms with Gasteiger partial charge in [0.15, 0.2) is 0 Å². The van der Waals surface area contributed by atoms with E-state index in [0.29, 0.717) is 18.4 Å². The molecule has 1 fully saturated rings. The molecule has 7 heteroatoms. The number of aromatic amines is 1. The Bertz CT molecular complexity index is 671. The van der Waals surface area contributed by atoms with Gasteiger partial charge in [0.1, 0.15) is 0 Å². The Labute approximate surface area is 142 Å². The predicted octanol–water partition coefficient (Wildman–Crippen LogP) is 1.50. The number of hydrazone groups is 1. The number of guanidine groups is 1. The molecule has 128 valence electrons. The van der Waals surface area contributed by atoms with Crippen LogP contribution in [0.3, 0.4) is 0 Å². The number of aromatic nitrogens is 2. The SMILES string of the molecule is Cc1[nH]cnc1C1CCN(/C(=N/N)N(N)Cc2ccccc2)CC1. The van der Waals surface area contributed by atoms with Crippen LogP contribution >= 0.6 is 0 Å². The van der Waals surface area contributed by atoms with Crippen molar-refractivity contribution in [2.75, 3.05) is 13.1 Å². The van der Waals surface area contributed by atoms with Crippen molar-refractivity contribution in [3.05, 3.63) is 53.6 Å². The summed E-state index contributed by atoms with van der Waals surface area (Å²) in [5.74, 6) is 12.9. The van der Waals surface area contributed by atoms with Crippen molar-refractivity contribution in [2.45, 2.75) is 32.2 Å². The molecule has 0 unspecified atom stereocenters.